The second-order valence-corrected chi connectivity index (χ2v) is 7.22. The summed E-state index contributed by atoms with van der Waals surface area (Å²) in [6, 6.07) is 9.59. The van der Waals surface area contributed by atoms with Crippen LogP contribution in [0, 0.1) is 0 Å². The molecular weight excluding hydrogens is 336 g/mol. The van der Waals surface area contributed by atoms with Gasteiger partial charge >= 0.3 is 0 Å². The van der Waals surface area contributed by atoms with Crippen LogP contribution < -0.4 is 0 Å². The van der Waals surface area contributed by atoms with Crippen LogP contribution >= 0.6 is 0 Å². The lowest BCUT2D eigenvalue weighted by Crippen LogP contribution is -2.43. The molecule has 1 aliphatic carbocycles. The average Bonchev–Trinajstić information content (AvgIpc) is 2.72. The summed E-state index contributed by atoms with van der Waals surface area (Å²) in [6.07, 6.45) is 11.1. The number of benzene rings is 1. The van der Waals surface area contributed by atoms with Gasteiger partial charge in [-0.1, -0.05) is 48.1 Å². The SMILES string of the molecule is C/C(=C\C1=CCCC=C1)CN(CCN1CCOCC1)C(=O)c1ccccc1. The van der Waals surface area contributed by atoms with Gasteiger partial charge in [0.15, 0.2) is 0 Å². The molecule has 4 nitrogen and oxygen atoms in total. The largest absolute Gasteiger partial charge is 0.379 e. The molecule has 2 aliphatic rings. The van der Waals surface area contributed by atoms with Crippen LogP contribution in [0.25, 0.3) is 0 Å². The van der Waals surface area contributed by atoms with Crippen LogP contribution in [0.1, 0.15) is 30.1 Å². The lowest BCUT2D eigenvalue weighted by Gasteiger charge is -2.30. The highest BCUT2D eigenvalue weighted by molar-refractivity contribution is 5.94. The lowest BCUT2D eigenvalue weighted by atomic mass is 10.0. The highest BCUT2D eigenvalue weighted by Gasteiger charge is 2.18. The van der Waals surface area contributed by atoms with Crippen LogP contribution in [0.2, 0.25) is 0 Å². The predicted molar refractivity (Wildman–Crippen MR) is 110 cm³/mol. The quantitative estimate of drug-likeness (QED) is 0.738. The number of morpholine rings is 1. The van der Waals surface area contributed by atoms with E-state index in [1.165, 1.54) is 11.1 Å². The van der Waals surface area contributed by atoms with Gasteiger partial charge in [-0.25, -0.2) is 0 Å². The molecule has 1 heterocycles. The van der Waals surface area contributed by atoms with Crippen molar-refractivity contribution < 1.29 is 9.53 Å². The fraction of sp³-hybridized carbons (Fsp3) is 0.435. The van der Waals surface area contributed by atoms with E-state index in [0.29, 0.717) is 6.54 Å². The van der Waals surface area contributed by atoms with Crippen LogP contribution in [-0.2, 0) is 4.74 Å². The second-order valence-electron chi connectivity index (χ2n) is 7.22. The molecule has 27 heavy (non-hydrogen) atoms. The van der Waals surface area contributed by atoms with Crippen molar-refractivity contribution in [2.45, 2.75) is 19.8 Å². The molecule has 1 amide bonds. The van der Waals surface area contributed by atoms with Gasteiger partial charge in [0.1, 0.15) is 0 Å². The molecule has 144 valence electrons. The Kier molecular flexibility index (Phi) is 7.43. The van der Waals surface area contributed by atoms with Crippen LogP contribution in [0.15, 0.2) is 65.8 Å². The minimum atomic E-state index is 0.102. The standard InChI is InChI=1S/C23H30N2O2/c1-20(18-21-8-4-2-5-9-21)19-25(13-12-24-14-16-27-17-15-24)23(26)22-10-6-3-7-11-22/h3-4,6-11,18H,2,5,12-17,19H2,1H3/b20-18+. The first-order valence-electron chi connectivity index (χ1n) is 9.90. The fourth-order valence-corrected chi connectivity index (χ4v) is 3.47. The van der Waals surface area contributed by atoms with E-state index in [2.05, 4.69) is 36.1 Å². The van der Waals surface area contributed by atoms with Gasteiger partial charge in [0, 0.05) is 38.3 Å². The summed E-state index contributed by atoms with van der Waals surface area (Å²) < 4.78 is 5.43. The van der Waals surface area contributed by atoms with Gasteiger partial charge in [-0.15, -0.1) is 0 Å². The number of nitrogens with zero attached hydrogens (tertiary/aromatic N) is 2. The summed E-state index contributed by atoms with van der Waals surface area (Å²) in [5, 5.41) is 0. The predicted octanol–water partition coefficient (Wildman–Crippen LogP) is 3.68. The van der Waals surface area contributed by atoms with Crippen molar-refractivity contribution >= 4 is 5.91 Å². The van der Waals surface area contributed by atoms with Gasteiger partial charge in [-0.2, -0.15) is 0 Å². The monoisotopic (exact) mass is 366 g/mol. The number of allylic oxidation sites excluding steroid dienone is 5. The third-order valence-corrected chi connectivity index (χ3v) is 4.97. The molecule has 1 saturated heterocycles. The number of hydrogen-bond donors (Lipinski definition) is 0. The Bertz CT molecular complexity index is 700. The minimum Gasteiger partial charge on any atom is -0.379 e. The molecule has 0 atom stereocenters. The number of carbonyl (C=O) groups is 1. The van der Waals surface area contributed by atoms with Crippen molar-refractivity contribution in [3.8, 4) is 0 Å². The van der Waals surface area contributed by atoms with Crippen LogP contribution in [0.3, 0.4) is 0 Å². The van der Waals surface area contributed by atoms with Crippen molar-refractivity contribution in [3.05, 3.63) is 71.3 Å². The van der Waals surface area contributed by atoms with Crippen LogP contribution in [-0.4, -0.2) is 61.6 Å². The van der Waals surface area contributed by atoms with Gasteiger partial charge < -0.3 is 9.64 Å². The molecule has 4 heteroatoms. The molecule has 1 aromatic rings. The summed E-state index contributed by atoms with van der Waals surface area (Å²) in [4.78, 5) is 17.4. The molecule has 0 unspecified atom stereocenters. The van der Waals surface area contributed by atoms with E-state index in [4.69, 9.17) is 4.74 Å². The summed E-state index contributed by atoms with van der Waals surface area (Å²) in [5.74, 6) is 0.102. The Morgan fingerprint density at radius 2 is 1.96 bits per heavy atom. The van der Waals surface area contributed by atoms with Gasteiger partial charge in [-0.05, 0) is 37.5 Å². The van der Waals surface area contributed by atoms with Crippen molar-refractivity contribution in [1.29, 1.82) is 0 Å². The smallest absolute Gasteiger partial charge is 0.254 e. The molecule has 0 bridgehead atoms. The molecule has 0 aromatic heterocycles. The molecular formula is C23H30N2O2. The lowest BCUT2D eigenvalue weighted by molar-refractivity contribution is 0.0330. The van der Waals surface area contributed by atoms with E-state index in [-0.39, 0.29) is 5.91 Å². The Morgan fingerprint density at radius 3 is 2.67 bits per heavy atom. The van der Waals surface area contributed by atoms with Crippen molar-refractivity contribution in [2.24, 2.45) is 0 Å². The van der Waals surface area contributed by atoms with Crippen LogP contribution in [0.4, 0.5) is 0 Å². The zero-order chi connectivity index (χ0) is 18.9. The fourth-order valence-electron chi connectivity index (χ4n) is 3.47. The normalized spacial score (nSPS) is 18.3. The third-order valence-electron chi connectivity index (χ3n) is 4.97. The first kappa shape index (κ1) is 19.6. The van der Waals surface area contributed by atoms with Gasteiger partial charge in [0.2, 0.25) is 0 Å². The number of ether oxygens (including phenoxy) is 1. The second kappa shape index (κ2) is 10.2. The highest BCUT2D eigenvalue weighted by atomic mass is 16.5. The molecule has 1 aromatic carbocycles. The number of rotatable bonds is 7. The average molecular weight is 367 g/mol. The Labute approximate surface area is 162 Å². The van der Waals surface area contributed by atoms with Gasteiger partial charge in [0.25, 0.3) is 5.91 Å². The number of hydrogen-bond acceptors (Lipinski definition) is 3. The molecule has 0 saturated carbocycles. The summed E-state index contributed by atoms with van der Waals surface area (Å²) in [6.45, 7) is 7.84. The van der Waals surface area contributed by atoms with Gasteiger partial charge in [-0.3, -0.25) is 9.69 Å². The molecule has 0 spiro atoms. The molecule has 3 rings (SSSR count). The Morgan fingerprint density at radius 1 is 1.19 bits per heavy atom. The zero-order valence-electron chi connectivity index (χ0n) is 16.3. The Hall–Kier alpha value is -2.17. The third kappa shape index (κ3) is 6.19. The van der Waals surface area contributed by atoms with Gasteiger partial charge in [0.05, 0.1) is 13.2 Å². The first-order chi connectivity index (χ1) is 13.2. The number of amides is 1. The van der Waals surface area contributed by atoms with Crippen LogP contribution in [0.5, 0.6) is 0 Å². The van der Waals surface area contributed by atoms with Crippen molar-refractivity contribution in [1.82, 2.24) is 9.80 Å². The zero-order valence-corrected chi connectivity index (χ0v) is 16.3. The highest BCUT2D eigenvalue weighted by Crippen LogP contribution is 2.14. The minimum absolute atomic E-state index is 0.102. The first-order valence-corrected chi connectivity index (χ1v) is 9.90. The van der Waals surface area contributed by atoms with Crippen molar-refractivity contribution in [2.75, 3.05) is 45.9 Å². The van der Waals surface area contributed by atoms with E-state index in [1.54, 1.807) is 0 Å². The molecule has 0 radical (unpaired) electrons. The maximum absolute atomic E-state index is 13.1. The van der Waals surface area contributed by atoms with E-state index < -0.39 is 0 Å². The maximum atomic E-state index is 13.1. The topological polar surface area (TPSA) is 32.8 Å². The maximum Gasteiger partial charge on any atom is 0.254 e. The molecule has 1 fully saturated rings. The summed E-state index contributed by atoms with van der Waals surface area (Å²) >= 11 is 0. The van der Waals surface area contributed by atoms with Crippen molar-refractivity contribution in [3.63, 3.8) is 0 Å². The Balaban J connectivity index is 1.68. The molecule has 1 aliphatic heterocycles. The van der Waals surface area contributed by atoms with E-state index in [1.807, 2.05) is 35.2 Å². The van der Waals surface area contributed by atoms with E-state index in [9.17, 15) is 4.79 Å². The molecule has 0 N–H and O–H groups in total. The number of carbonyl (C=O) groups excluding carboxylic acids is 1. The summed E-state index contributed by atoms with van der Waals surface area (Å²) in [7, 11) is 0. The van der Waals surface area contributed by atoms with E-state index in [0.717, 1.165) is 57.8 Å². The van der Waals surface area contributed by atoms with E-state index >= 15 is 0 Å². The summed E-state index contributed by atoms with van der Waals surface area (Å²) in [5.41, 5.74) is 3.21.